The van der Waals surface area contributed by atoms with Crippen LogP contribution in [0.1, 0.15) is 33.3 Å². The molecule has 1 atom stereocenters. The highest BCUT2D eigenvalue weighted by atomic mass is 32.2. The van der Waals surface area contributed by atoms with E-state index in [0.29, 0.717) is 9.99 Å². The highest BCUT2D eigenvalue weighted by Crippen LogP contribution is 2.36. The molecule has 1 aliphatic heterocycles. The molecule has 31 heavy (non-hydrogen) atoms. The highest BCUT2D eigenvalue weighted by Gasteiger charge is 2.42. The first kappa shape index (κ1) is 23.1. The van der Waals surface area contributed by atoms with Crippen molar-refractivity contribution in [3.8, 4) is 5.75 Å². The first-order chi connectivity index (χ1) is 14.3. The average Bonchev–Trinajstić information content (AvgIpc) is 2.87. The Morgan fingerprint density at radius 2 is 1.77 bits per heavy atom. The quantitative estimate of drug-likeness (QED) is 0.725. The van der Waals surface area contributed by atoms with Crippen LogP contribution in [0.15, 0.2) is 47.4 Å². The molecule has 168 valence electrons. The normalized spacial score (nSPS) is 18.8. The third-order valence-corrected chi connectivity index (χ3v) is 8.27. The lowest BCUT2D eigenvalue weighted by molar-refractivity contribution is -0.119. The number of carbonyl (C=O) groups excluding carboxylic acids is 1. The predicted octanol–water partition coefficient (Wildman–Crippen LogP) is 3.11. The van der Waals surface area contributed by atoms with Gasteiger partial charge in [0.1, 0.15) is 10.6 Å². The van der Waals surface area contributed by atoms with Gasteiger partial charge in [0, 0.05) is 0 Å². The number of carbonyl (C=O) groups is 1. The Morgan fingerprint density at radius 3 is 2.32 bits per heavy atom. The van der Waals surface area contributed by atoms with Gasteiger partial charge >= 0.3 is 0 Å². The minimum Gasteiger partial charge on any atom is -0.495 e. The number of nitrogens with one attached hydrogen (secondary N) is 1. The molecule has 0 aliphatic carbocycles. The number of anilines is 2. The second-order valence-corrected chi connectivity index (χ2v) is 12.0. The van der Waals surface area contributed by atoms with Crippen molar-refractivity contribution in [3.05, 3.63) is 48.0 Å². The van der Waals surface area contributed by atoms with Crippen molar-refractivity contribution >= 4 is 37.3 Å². The fraction of sp³-hybridized carbons (Fsp3) is 0.381. The molecule has 1 amide bonds. The number of rotatable bonds is 5. The van der Waals surface area contributed by atoms with Gasteiger partial charge in [-0.3, -0.25) is 9.52 Å². The number of nitrogens with zero attached hydrogens (tertiary/aromatic N) is 1. The number of benzene rings is 2. The van der Waals surface area contributed by atoms with E-state index in [0.717, 1.165) is 11.6 Å². The van der Waals surface area contributed by atoms with Crippen LogP contribution in [0, 0.1) is 5.92 Å². The van der Waals surface area contributed by atoms with Gasteiger partial charge in [-0.15, -0.1) is 0 Å². The molecule has 0 bridgehead atoms. The van der Waals surface area contributed by atoms with E-state index in [-0.39, 0.29) is 27.5 Å². The van der Waals surface area contributed by atoms with Crippen LogP contribution < -0.4 is 13.8 Å². The van der Waals surface area contributed by atoms with Crippen molar-refractivity contribution in [2.45, 2.75) is 38.0 Å². The molecule has 2 aromatic rings. The molecule has 0 radical (unpaired) electrons. The van der Waals surface area contributed by atoms with Crippen LogP contribution in [0.3, 0.4) is 0 Å². The lowest BCUT2D eigenvalue weighted by Gasteiger charge is -2.24. The van der Waals surface area contributed by atoms with E-state index in [1.54, 1.807) is 12.1 Å². The summed E-state index contributed by atoms with van der Waals surface area (Å²) in [5.41, 5.74) is 0.831. The third-order valence-electron chi connectivity index (χ3n) is 5.01. The maximum atomic E-state index is 13.3. The molecule has 8 nitrogen and oxygen atoms in total. The zero-order valence-electron chi connectivity index (χ0n) is 18.0. The standard InChI is InChI=1S/C21H26N2O6S2/c1-14-13-30(25,26)23(20(14)24)15-10-11-18(29-5)19(12-15)31(27,28)22-17-9-7-6-8-16(17)21(2,3)4/h6-12,14,22H,13H2,1-5H3. The van der Waals surface area contributed by atoms with Gasteiger partial charge in [-0.1, -0.05) is 45.9 Å². The van der Waals surface area contributed by atoms with Gasteiger partial charge < -0.3 is 4.74 Å². The van der Waals surface area contributed by atoms with Crippen molar-refractivity contribution < 1.29 is 26.4 Å². The molecule has 1 N–H and O–H groups in total. The van der Waals surface area contributed by atoms with Crippen molar-refractivity contribution in [1.82, 2.24) is 0 Å². The zero-order chi connectivity index (χ0) is 23.2. The van der Waals surface area contributed by atoms with Crippen molar-refractivity contribution in [1.29, 1.82) is 0 Å². The summed E-state index contributed by atoms with van der Waals surface area (Å²) in [4.78, 5) is 12.2. The largest absolute Gasteiger partial charge is 0.495 e. The molecule has 0 saturated carbocycles. The van der Waals surface area contributed by atoms with Gasteiger partial charge in [0.25, 0.3) is 10.0 Å². The van der Waals surface area contributed by atoms with Gasteiger partial charge in [0.2, 0.25) is 15.9 Å². The number of ether oxygens (including phenoxy) is 1. The van der Waals surface area contributed by atoms with E-state index in [4.69, 9.17) is 4.74 Å². The number of para-hydroxylation sites is 1. The summed E-state index contributed by atoms with van der Waals surface area (Å²) in [7, 11) is -6.73. The van der Waals surface area contributed by atoms with Crippen LogP contribution in [-0.4, -0.2) is 35.6 Å². The van der Waals surface area contributed by atoms with Crippen LogP contribution >= 0.6 is 0 Å². The smallest absolute Gasteiger partial charge is 0.265 e. The molecular weight excluding hydrogens is 440 g/mol. The number of methoxy groups -OCH3 is 1. The van der Waals surface area contributed by atoms with Crippen LogP contribution in [0.25, 0.3) is 0 Å². The summed E-state index contributed by atoms with van der Waals surface area (Å²) in [6, 6.07) is 10.9. The van der Waals surface area contributed by atoms with Gasteiger partial charge in [0.05, 0.1) is 30.2 Å². The lowest BCUT2D eigenvalue weighted by Crippen LogP contribution is -2.30. The summed E-state index contributed by atoms with van der Waals surface area (Å²) >= 11 is 0. The predicted molar refractivity (Wildman–Crippen MR) is 119 cm³/mol. The van der Waals surface area contributed by atoms with Gasteiger partial charge in [-0.25, -0.2) is 21.1 Å². The number of sulfonamides is 2. The second-order valence-electron chi connectivity index (χ2n) is 8.52. The van der Waals surface area contributed by atoms with Crippen molar-refractivity contribution in [2.24, 2.45) is 5.92 Å². The Morgan fingerprint density at radius 1 is 1.13 bits per heavy atom. The average molecular weight is 467 g/mol. The van der Waals surface area contributed by atoms with E-state index < -0.39 is 31.9 Å². The first-order valence-corrected chi connectivity index (χ1v) is 12.7. The summed E-state index contributed by atoms with van der Waals surface area (Å²) in [6.45, 7) is 7.41. The third kappa shape index (κ3) is 4.40. The van der Waals surface area contributed by atoms with E-state index in [2.05, 4.69) is 4.72 Å². The van der Waals surface area contributed by atoms with Crippen molar-refractivity contribution in [3.63, 3.8) is 0 Å². The fourth-order valence-electron chi connectivity index (χ4n) is 3.51. The molecule has 2 aromatic carbocycles. The van der Waals surface area contributed by atoms with Crippen LogP contribution in [0.4, 0.5) is 11.4 Å². The Balaban J connectivity index is 2.11. The molecule has 1 unspecified atom stereocenters. The van der Waals surface area contributed by atoms with E-state index >= 15 is 0 Å². The summed E-state index contributed by atoms with van der Waals surface area (Å²) in [5, 5.41) is 0. The minimum atomic E-state index is -4.17. The molecule has 1 fully saturated rings. The maximum absolute atomic E-state index is 13.3. The molecule has 1 heterocycles. The topological polar surface area (TPSA) is 110 Å². The molecular formula is C21H26N2O6S2. The summed E-state index contributed by atoms with van der Waals surface area (Å²) < 4.78 is 59.9. The van der Waals surface area contributed by atoms with Gasteiger partial charge in [0.15, 0.2) is 0 Å². The molecule has 3 rings (SSSR count). The maximum Gasteiger partial charge on any atom is 0.265 e. The van der Waals surface area contributed by atoms with Crippen LogP contribution in [0.5, 0.6) is 5.75 Å². The molecule has 1 aliphatic rings. The first-order valence-electron chi connectivity index (χ1n) is 9.65. The Labute approximate surface area is 183 Å². The fourth-order valence-corrected chi connectivity index (χ4v) is 6.60. The number of hydrogen-bond acceptors (Lipinski definition) is 6. The Hall–Kier alpha value is -2.59. The molecule has 1 saturated heterocycles. The van der Waals surface area contributed by atoms with Crippen LogP contribution in [-0.2, 0) is 30.3 Å². The van der Waals surface area contributed by atoms with Gasteiger partial charge in [-0.2, -0.15) is 0 Å². The summed E-state index contributed by atoms with van der Waals surface area (Å²) in [5.74, 6) is -1.60. The molecule has 0 spiro atoms. The monoisotopic (exact) mass is 466 g/mol. The van der Waals surface area contributed by atoms with Crippen LogP contribution in [0.2, 0.25) is 0 Å². The number of hydrogen-bond donors (Lipinski definition) is 1. The molecule has 10 heteroatoms. The Bertz CT molecular complexity index is 1230. The Kier molecular flexibility index (Phi) is 5.83. The van der Waals surface area contributed by atoms with Crippen molar-refractivity contribution in [2.75, 3.05) is 21.9 Å². The SMILES string of the molecule is COc1ccc(N2C(=O)C(C)CS2(=O)=O)cc1S(=O)(=O)Nc1ccccc1C(C)(C)C. The van der Waals surface area contributed by atoms with E-state index in [9.17, 15) is 21.6 Å². The zero-order valence-corrected chi connectivity index (χ0v) is 19.7. The molecule has 0 aromatic heterocycles. The number of amides is 1. The van der Waals surface area contributed by atoms with Gasteiger partial charge in [-0.05, 0) is 35.2 Å². The summed E-state index contributed by atoms with van der Waals surface area (Å²) in [6.07, 6.45) is 0. The lowest BCUT2D eigenvalue weighted by atomic mass is 9.86. The minimum absolute atomic E-state index is 0.0292. The van der Waals surface area contributed by atoms with E-state index in [1.165, 1.54) is 26.2 Å². The van der Waals surface area contributed by atoms with E-state index in [1.807, 2.05) is 32.9 Å². The highest BCUT2D eigenvalue weighted by molar-refractivity contribution is 7.94. The second kappa shape index (κ2) is 7.83.